The predicted octanol–water partition coefficient (Wildman–Crippen LogP) is 4.08. The Labute approximate surface area is 211 Å². The summed E-state index contributed by atoms with van der Waals surface area (Å²) in [5.74, 6) is -1.27. The van der Waals surface area contributed by atoms with E-state index in [9.17, 15) is 33.4 Å². The molecule has 0 saturated carbocycles. The van der Waals surface area contributed by atoms with Gasteiger partial charge < -0.3 is 14.2 Å². The number of nitro groups is 1. The van der Waals surface area contributed by atoms with Gasteiger partial charge in [0.2, 0.25) is 0 Å². The standard InChI is InChI=1S/C25H19N3O8S/c1-2-35-25(30)18-8-10-20(11-9-18)27-24(29)19(16-26)14-17-6-12-22(13-7-17)36-37(33,34)23-5-3-4-21(15-23)28(31)32/h3-15H,2H2,1H3,(H,27,29)/b19-14+. The minimum Gasteiger partial charge on any atom is -0.462 e. The summed E-state index contributed by atoms with van der Waals surface area (Å²) in [5.41, 5.74) is 0.444. The molecule has 0 unspecified atom stereocenters. The molecule has 3 rings (SSSR count). The fourth-order valence-electron chi connectivity index (χ4n) is 2.96. The number of benzene rings is 3. The van der Waals surface area contributed by atoms with Gasteiger partial charge in [0.25, 0.3) is 11.6 Å². The monoisotopic (exact) mass is 521 g/mol. The third kappa shape index (κ3) is 7.00. The molecule has 3 aromatic carbocycles. The Hall–Kier alpha value is -5.02. The van der Waals surface area contributed by atoms with Crippen LogP contribution < -0.4 is 9.50 Å². The molecule has 12 heteroatoms. The lowest BCUT2D eigenvalue weighted by Gasteiger charge is -2.08. The van der Waals surface area contributed by atoms with Gasteiger partial charge in [-0.25, -0.2) is 4.79 Å². The summed E-state index contributed by atoms with van der Waals surface area (Å²) in [6, 6.07) is 17.6. The molecule has 1 N–H and O–H groups in total. The summed E-state index contributed by atoms with van der Waals surface area (Å²) in [4.78, 5) is 34.0. The third-order valence-electron chi connectivity index (χ3n) is 4.73. The Kier molecular flexibility index (Phi) is 8.34. The molecule has 11 nitrogen and oxygen atoms in total. The molecule has 0 saturated heterocycles. The number of nitriles is 1. The lowest BCUT2D eigenvalue weighted by molar-refractivity contribution is -0.385. The number of anilines is 1. The van der Waals surface area contributed by atoms with Crippen LogP contribution >= 0.6 is 0 Å². The first-order valence-corrected chi connectivity index (χ1v) is 12.0. The van der Waals surface area contributed by atoms with E-state index in [1.807, 2.05) is 0 Å². The van der Waals surface area contributed by atoms with Crippen molar-refractivity contribution in [3.63, 3.8) is 0 Å². The number of amides is 1. The van der Waals surface area contributed by atoms with Crippen LogP contribution in [-0.4, -0.2) is 31.8 Å². The summed E-state index contributed by atoms with van der Waals surface area (Å²) in [5, 5.41) is 22.9. The van der Waals surface area contributed by atoms with Gasteiger partial charge in [0, 0.05) is 17.8 Å². The molecule has 188 valence electrons. The van der Waals surface area contributed by atoms with Crippen LogP contribution in [0.5, 0.6) is 5.75 Å². The molecule has 37 heavy (non-hydrogen) atoms. The first kappa shape index (κ1) is 26.6. The second kappa shape index (κ2) is 11.6. The van der Waals surface area contributed by atoms with Gasteiger partial charge in [0.1, 0.15) is 22.3 Å². The molecule has 0 aromatic heterocycles. The molecule has 0 fully saturated rings. The minimum absolute atomic E-state index is 0.0756. The van der Waals surface area contributed by atoms with Crippen molar-refractivity contribution in [2.24, 2.45) is 0 Å². The Bertz CT molecular complexity index is 1510. The minimum atomic E-state index is -4.34. The third-order valence-corrected chi connectivity index (χ3v) is 5.98. The van der Waals surface area contributed by atoms with Crippen molar-refractivity contribution in [3.8, 4) is 11.8 Å². The van der Waals surface area contributed by atoms with E-state index in [0.29, 0.717) is 16.8 Å². The van der Waals surface area contributed by atoms with E-state index in [2.05, 4.69) is 5.32 Å². The molecular formula is C25H19N3O8S. The van der Waals surface area contributed by atoms with E-state index in [1.165, 1.54) is 66.7 Å². The number of ether oxygens (including phenoxy) is 1. The molecular weight excluding hydrogens is 502 g/mol. The van der Waals surface area contributed by atoms with E-state index >= 15 is 0 Å². The van der Waals surface area contributed by atoms with Crippen molar-refractivity contribution in [3.05, 3.63) is 99.6 Å². The highest BCUT2D eigenvalue weighted by Gasteiger charge is 2.20. The largest absolute Gasteiger partial charge is 0.462 e. The van der Waals surface area contributed by atoms with Crippen molar-refractivity contribution < 1.29 is 31.9 Å². The number of rotatable bonds is 9. The fourth-order valence-corrected chi connectivity index (χ4v) is 3.94. The number of non-ortho nitro benzene ring substituents is 1. The maximum absolute atomic E-state index is 12.5. The maximum Gasteiger partial charge on any atom is 0.339 e. The van der Waals surface area contributed by atoms with E-state index in [4.69, 9.17) is 8.92 Å². The first-order valence-electron chi connectivity index (χ1n) is 10.6. The van der Waals surface area contributed by atoms with Crippen LogP contribution in [0.25, 0.3) is 6.08 Å². The molecule has 0 bridgehead atoms. The molecule has 0 spiro atoms. The average molecular weight is 522 g/mol. The molecule has 0 atom stereocenters. The highest BCUT2D eigenvalue weighted by Crippen LogP contribution is 2.23. The fraction of sp³-hybridized carbons (Fsp3) is 0.0800. The highest BCUT2D eigenvalue weighted by molar-refractivity contribution is 7.87. The number of carbonyl (C=O) groups excluding carboxylic acids is 2. The zero-order chi connectivity index (χ0) is 27.0. The molecule has 0 aliphatic rings. The van der Waals surface area contributed by atoms with Crippen molar-refractivity contribution in [2.75, 3.05) is 11.9 Å². The second-order valence-electron chi connectivity index (χ2n) is 7.28. The molecule has 0 aliphatic heterocycles. The summed E-state index contributed by atoms with van der Waals surface area (Å²) in [6.45, 7) is 1.92. The topological polar surface area (TPSA) is 166 Å². The zero-order valence-corrected chi connectivity index (χ0v) is 20.1. The van der Waals surface area contributed by atoms with Gasteiger partial charge in [0.05, 0.1) is 17.1 Å². The molecule has 0 heterocycles. The van der Waals surface area contributed by atoms with Crippen LogP contribution in [-0.2, 0) is 19.6 Å². The number of hydrogen-bond donors (Lipinski definition) is 1. The van der Waals surface area contributed by atoms with Crippen molar-refractivity contribution >= 4 is 39.4 Å². The van der Waals surface area contributed by atoms with E-state index < -0.39 is 32.6 Å². The molecule has 0 radical (unpaired) electrons. The average Bonchev–Trinajstić information content (AvgIpc) is 2.88. The number of nitro benzene ring substituents is 1. The summed E-state index contributed by atoms with van der Waals surface area (Å²) < 4.78 is 34.8. The van der Waals surface area contributed by atoms with Gasteiger partial charge in [-0.1, -0.05) is 18.2 Å². The molecule has 1 amide bonds. The van der Waals surface area contributed by atoms with Crippen LogP contribution in [0.3, 0.4) is 0 Å². The van der Waals surface area contributed by atoms with E-state index in [-0.39, 0.29) is 22.8 Å². The lowest BCUT2D eigenvalue weighted by atomic mass is 10.1. The normalized spacial score (nSPS) is 11.2. The van der Waals surface area contributed by atoms with Crippen LogP contribution in [0, 0.1) is 21.4 Å². The summed E-state index contributed by atoms with van der Waals surface area (Å²) in [6.07, 6.45) is 1.29. The van der Waals surface area contributed by atoms with Gasteiger partial charge in [-0.05, 0) is 61.0 Å². The Morgan fingerprint density at radius 1 is 1.08 bits per heavy atom. The number of nitrogens with zero attached hydrogens (tertiary/aromatic N) is 2. The molecule has 3 aromatic rings. The number of esters is 1. The van der Waals surface area contributed by atoms with Crippen LogP contribution in [0.15, 0.2) is 83.3 Å². The van der Waals surface area contributed by atoms with E-state index in [1.54, 1.807) is 13.0 Å². The lowest BCUT2D eigenvalue weighted by Crippen LogP contribution is -2.13. The Balaban J connectivity index is 1.70. The number of carbonyl (C=O) groups is 2. The van der Waals surface area contributed by atoms with Gasteiger partial charge in [-0.15, -0.1) is 0 Å². The van der Waals surface area contributed by atoms with Crippen molar-refractivity contribution in [2.45, 2.75) is 11.8 Å². The van der Waals surface area contributed by atoms with Gasteiger partial charge in [0.15, 0.2) is 0 Å². The van der Waals surface area contributed by atoms with Crippen LogP contribution in [0.2, 0.25) is 0 Å². The second-order valence-corrected chi connectivity index (χ2v) is 8.83. The van der Waals surface area contributed by atoms with Gasteiger partial charge >= 0.3 is 16.1 Å². The van der Waals surface area contributed by atoms with Gasteiger partial charge in [-0.3, -0.25) is 14.9 Å². The van der Waals surface area contributed by atoms with E-state index in [0.717, 1.165) is 12.1 Å². The molecule has 0 aliphatic carbocycles. The maximum atomic E-state index is 12.5. The first-order chi connectivity index (χ1) is 17.6. The Morgan fingerprint density at radius 2 is 1.76 bits per heavy atom. The van der Waals surface area contributed by atoms with Gasteiger partial charge in [-0.2, -0.15) is 13.7 Å². The van der Waals surface area contributed by atoms with Crippen molar-refractivity contribution in [1.29, 1.82) is 5.26 Å². The summed E-state index contributed by atoms with van der Waals surface area (Å²) in [7, 11) is -4.34. The number of nitrogens with one attached hydrogen (secondary N) is 1. The number of hydrogen-bond acceptors (Lipinski definition) is 9. The Morgan fingerprint density at radius 3 is 2.35 bits per heavy atom. The van der Waals surface area contributed by atoms with Crippen LogP contribution in [0.1, 0.15) is 22.8 Å². The smallest absolute Gasteiger partial charge is 0.339 e. The highest BCUT2D eigenvalue weighted by atomic mass is 32.2. The van der Waals surface area contributed by atoms with Crippen LogP contribution in [0.4, 0.5) is 11.4 Å². The SMILES string of the molecule is CCOC(=O)c1ccc(NC(=O)/C(C#N)=C/c2ccc(OS(=O)(=O)c3cccc([N+](=O)[O-])c3)cc2)cc1. The quantitative estimate of drug-likeness (QED) is 0.109. The summed E-state index contributed by atoms with van der Waals surface area (Å²) >= 11 is 0. The van der Waals surface area contributed by atoms with Crippen molar-refractivity contribution in [1.82, 2.24) is 0 Å². The predicted molar refractivity (Wildman–Crippen MR) is 132 cm³/mol. The zero-order valence-electron chi connectivity index (χ0n) is 19.3.